The van der Waals surface area contributed by atoms with Crippen molar-refractivity contribution in [3.05, 3.63) is 17.2 Å². The number of allylic oxidation sites excluding steroid dienone is 1. The van der Waals surface area contributed by atoms with Crippen LogP contribution in [-0.2, 0) is 0 Å². The molecule has 0 aromatic heterocycles. The minimum Gasteiger partial charge on any atom is -0.185 e. The van der Waals surface area contributed by atoms with Crippen molar-refractivity contribution in [3.8, 4) is 5.40 Å². The topological polar surface area (TPSA) is 23.8 Å². The molecular weight excluding hydrogens is 130 g/mol. The van der Waals surface area contributed by atoms with E-state index < -0.39 is 0 Å². The zero-order valence-corrected chi connectivity index (χ0v) is 6.29. The third-order valence-corrected chi connectivity index (χ3v) is 1.53. The fourth-order valence-electron chi connectivity index (χ4n) is 0.458. The average molecular weight is 139 g/mol. The molecule has 0 saturated heterocycles. The second-order valence-electron chi connectivity index (χ2n) is 1.54. The maximum atomic E-state index is 8.22. The SMILES string of the molecule is C=C=C(CCC)SC#N. The number of thioether (sulfide) groups is 1. The second-order valence-corrected chi connectivity index (χ2v) is 2.42. The smallest absolute Gasteiger partial charge is 0.138 e. The van der Waals surface area contributed by atoms with Gasteiger partial charge in [0.25, 0.3) is 0 Å². The lowest BCUT2D eigenvalue weighted by Crippen LogP contribution is -1.69. The second kappa shape index (κ2) is 5.50. The van der Waals surface area contributed by atoms with Gasteiger partial charge in [0.05, 0.1) is 0 Å². The van der Waals surface area contributed by atoms with Gasteiger partial charge in [-0.15, -0.1) is 5.73 Å². The molecule has 0 fully saturated rings. The average Bonchev–Trinajstić information content (AvgIpc) is 1.88. The lowest BCUT2D eigenvalue weighted by molar-refractivity contribution is 0.950. The fourth-order valence-corrected chi connectivity index (χ4v) is 0.946. The van der Waals surface area contributed by atoms with E-state index in [0.29, 0.717) is 0 Å². The quantitative estimate of drug-likeness (QED) is 0.443. The number of thiocyanates is 1. The summed E-state index contributed by atoms with van der Waals surface area (Å²) in [7, 11) is 0. The van der Waals surface area contributed by atoms with Gasteiger partial charge in [-0.1, -0.05) is 19.9 Å². The molecule has 0 bridgehead atoms. The van der Waals surface area contributed by atoms with E-state index in [0.717, 1.165) is 29.5 Å². The highest BCUT2D eigenvalue weighted by Gasteiger charge is 1.91. The van der Waals surface area contributed by atoms with Crippen LogP contribution in [0.3, 0.4) is 0 Å². The number of hydrogen-bond donors (Lipinski definition) is 0. The Bertz CT molecular complexity index is 160. The van der Waals surface area contributed by atoms with E-state index in [9.17, 15) is 0 Å². The first-order chi connectivity index (χ1) is 4.35. The monoisotopic (exact) mass is 139 g/mol. The van der Waals surface area contributed by atoms with Crippen molar-refractivity contribution < 1.29 is 0 Å². The van der Waals surface area contributed by atoms with Crippen LogP contribution >= 0.6 is 11.8 Å². The molecule has 0 aromatic carbocycles. The molecule has 0 rings (SSSR count). The van der Waals surface area contributed by atoms with E-state index in [1.54, 1.807) is 0 Å². The van der Waals surface area contributed by atoms with Crippen LogP contribution in [0.25, 0.3) is 0 Å². The third kappa shape index (κ3) is 3.90. The molecule has 9 heavy (non-hydrogen) atoms. The first-order valence-electron chi connectivity index (χ1n) is 2.80. The molecule has 0 aliphatic heterocycles. The summed E-state index contributed by atoms with van der Waals surface area (Å²) in [6.45, 7) is 5.53. The molecule has 0 spiro atoms. The molecule has 0 unspecified atom stereocenters. The summed E-state index contributed by atoms with van der Waals surface area (Å²) in [6, 6.07) is 0. The predicted molar refractivity (Wildman–Crippen MR) is 40.8 cm³/mol. The van der Waals surface area contributed by atoms with Crippen molar-refractivity contribution in [1.82, 2.24) is 0 Å². The van der Waals surface area contributed by atoms with E-state index in [2.05, 4.69) is 19.2 Å². The molecule has 0 N–H and O–H groups in total. The minimum atomic E-state index is 0.918. The van der Waals surface area contributed by atoms with Gasteiger partial charge in [-0.25, -0.2) is 0 Å². The molecular formula is C7H9NS. The summed E-state index contributed by atoms with van der Waals surface area (Å²) in [5.74, 6) is 0. The Labute approximate surface area is 60.1 Å². The normalized spacial score (nSPS) is 7.56. The molecule has 0 atom stereocenters. The van der Waals surface area contributed by atoms with Crippen molar-refractivity contribution in [2.75, 3.05) is 0 Å². The molecule has 0 saturated carbocycles. The van der Waals surface area contributed by atoms with Crippen molar-refractivity contribution in [1.29, 1.82) is 5.26 Å². The Hall–Kier alpha value is -0.640. The Morgan fingerprint density at radius 1 is 1.78 bits per heavy atom. The lowest BCUT2D eigenvalue weighted by Gasteiger charge is -1.91. The van der Waals surface area contributed by atoms with Crippen molar-refractivity contribution >= 4 is 11.8 Å². The Balaban J connectivity index is 3.74. The van der Waals surface area contributed by atoms with Crippen LogP contribution in [0.5, 0.6) is 0 Å². The van der Waals surface area contributed by atoms with Gasteiger partial charge in [0.15, 0.2) is 0 Å². The first-order valence-corrected chi connectivity index (χ1v) is 3.61. The first kappa shape index (κ1) is 8.36. The van der Waals surface area contributed by atoms with Crippen LogP contribution in [0.1, 0.15) is 19.8 Å². The molecule has 1 nitrogen and oxygen atoms in total. The van der Waals surface area contributed by atoms with Crippen LogP contribution in [0, 0.1) is 10.7 Å². The zero-order valence-electron chi connectivity index (χ0n) is 5.48. The Kier molecular flexibility index (Phi) is 5.11. The Morgan fingerprint density at radius 3 is 2.78 bits per heavy atom. The van der Waals surface area contributed by atoms with Crippen LogP contribution in [0.15, 0.2) is 17.2 Å². The number of hydrogen-bond acceptors (Lipinski definition) is 2. The largest absolute Gasteiger partial charge is 0.185 e. The molecule has 0 aliphatic carbocycles. The predicted octanol–water partition coefficient (Wildman–Crippen LogP) is 2.67. The molecule has 0 aromatic rings. The van der Waals surface area contributed by atoms with Crippen LogP contribution in [0.2, 0.25) is 0 Å². The molecule has 0 radical (unpaired) electrons. The van der Waals surface area contributed by atoms with Gasteiger partial charge < -0.3 is 0 Å². The van der Waals surface area contributed by atoms with Crippen molar-refractivity contribution in [2.45, 2.75) is 19.8 Å². The fraction of sp³-hybridized carbons (Fsp3) is 0.429. The van der Waals surface area contributed by atoms with Crippen molar-refractivity contribution in [3.63, 3.8) is 0 Å². The standard InChI is InChI=1S/C7H9NS/c1-3-5-7(4-2)9-6-8/h2-3,5H2,1H3. The van der Waals surface area contributed by atoms with Gasteiger partial charge in [0, 0.05) is 4.91 Å². The van der Waals surface area contributed by atoms with Crippen LogP contribution in [0.4, 0.5) is 0 Å². The summed E-state index contributed by atoms with van der Waals surface area (Å²) < 4.78 is 0. The van der Waals surface area contributed by atoms with Gasteiger partial charge in [-0.05, 0) is 18.2 Å². The summed E-state index contributed by atoms with van der Waals surface area (Å²) in [5, 5.41) is 10.2. The summed E-state index contributed by atoms with van der Waals surface area (Å²) in [5.41, 5.74) is 2.71. The highest BCUT2D eigenvalue weighted by Crippen LogP contribution is 2.16. The number of nitrogens with zero attached hydrogens (tertiary/aromatic N) is 1. The zero-order chi connectivity index (χ0) is 7.11. The summed E-state index contributed by atoms with van der Waals surface area (Å²) in [4.78, 5) is 0.944. The van der Waals surface area contributed by atoms with Gasteiger partial charge in [0.2, 0.25) is 0 Å². The highest BCUT2D eigenvalue weighted by molar-refractivity contribution is 8.07. The molecule has 48 valence electrons. The van der Waals surface area contributed by atoms with Gasteiger partial charge in [-0.3, -0.25) is 0 Å². The highest BCUT2D eigenvalue weighted by atomic mass is 32.2. The summed E-state index contributed by atoms with van der Waals surface area (Å²) >= 11 is 1.15. The third-order valence-electron chi connectivity index (χ3n) is 0.843. The Morgan fingerprint density at radius 2 is 2.44 bits per heavy atom. The lowest BCUT2D eigenvalue weighted by atomic mass is 10.3. The number of rotatable bonds is 3. The van der Waals surface area contributed by atoms with E-state index in [-0.39, 0.29) is 0 Å². The van der Waals surface area contributed by atoms with E-state index in [1.807, 2.05) is 5.40 Å². The minimum absolute atomic E-state index is 0.918. The van der Waals surface area contributed by atoms with Gasteiger partial charge in [0.1, 0.15) is 5.40 Å². The molecule has 0 heterocycles. The molecule has 0 amide bonds. The van der Waals surface area contributed by atoms with Crippen molar-refractivity contribution in [2.24, 2.45) is 0 Å². The van der Waals surface area contributed by atoms with Crippen LogP contribution in [-0.4, -0.2) is 0 Å². The van der Waals surface area contributed by atoms with Gasteiger partial charge >= 0.3 is 0 Å². The summed E-state index contributed by atoms with van der Waals surface area (Å²) in [6.07, 6.45) is 1.97. The van der Waals surface area contributed by atoms with E-state index >= 15 is 0 Å². The maximum Gasteiger partial charge on any atom is 0.138 e. The van der Waals surface area contributed by atoms with Crippen LogP contribution < -0.4 is 0 Å². The number of nitriles is 1. The maximum absolute atomic E-state index is 8.22. The molecule has 0 aliphatic rings. The van der Waals surface area contributed by atoms with Gasteiger partial charge in [-0.2, -0.15) is 5.26 Å². The van der Waals surface area contributed by atoms with E-state index in [4.69, 9.17) is 5.26 Å². The van der Waals surface area contributed by atoms with E-state index in [1.165, 1.54) is 0 Å². The molecule has 2 heteroatoms.